The lowest BCUT2D eigenvalue weighted by atomic mass is 9.97. The summed E-state index contributed by atoms with van der Waals surface area (Å²) in [7, 11) is 0. The fourth-order valence-electron chi connectivity index (χ4n) is 1.65. The van der Waals surface area contributed by atoms with E-state index in [2.05, 4.69) is 43.6 Å². The lowest BCUT2D eigenvalue weighted by Crippen LogP contribution is -2.32. The molecule has 1 aromatic rings. The van der Waals surface area contributed by atoms with Gasteiger partial charge in [0.15, 0.2) is 0 Å². The second kappa shape index (κ2) is 7.02. The smallest absolute Gasteiger partial charge is 0.00644 e. The Morgan fingerprint density at radius 3 is 2.80 bits per heavy atom. The quantitative estimate of drug-likeness (QED) is 0.746. The van der Waals surface area contributed by atoms with Crippen LogP contribution in [-0.4, -0.2) is 12.6 Å². The van der Waals surface area contributed by atoms with Gasteiger partial charge in [-0.15, -0.1) is 11.3 Å². The minimum atomic E-state index is 0.643. The zero-order chi connectivity index (χ0) is 11.1. The average Bonchev–Trinajstić information content (AvgIpc) is 2.75. The van der Waals surface area contributed by atoms with Crippen LogP contribution < -0.4 is 5.32 Å². The fourth-order valence-corrected chi connectivity index (χ4v) is 2.37. The summed E-state index contributed by atoms with van der Waals surface area (Å²) in [6, 6.07) is 5.02. The molecule has 1 heterocycles. The molecule has 0 saturated heterocycles. The first kappa shape index (κ1) is 12.7. The van der Waals surface area contributed by atoms with E-state index in [4.69, 9.17) is 0 Å². The van der Waals surface area contributed by atoms with Gasteiger partial charge in [-0.25, -0.2) is 0 Å². The third kappa shape index (κ3) is 4.80. The van der Waals surface area contributed by atoms with Crippen molar-refractivity contribution in [2.24, 2.45) is 5.92 Å². The molecule has 1 nitrogen and oxygen atoms in total. The Kier molecular flexibility index (Phi) is 5.96. The van der Waals surface area contributed by atoms with E-state index in [1.54, 1.807) is 0 Å². The van der Waals surface area contributed by atoms with E-state index in [-0.39, 0.29) is 0 Å². The highest BCUT2D eigenvalue weighted by Gasteiger charge is 2.11. The second-order valence-electron chi connectivity index (χ2n) is 4.34. The minimum Gasteiger partial charge on any atom is -0.314 e. The Labute approximate surface area is 97.9 Å². The van der Waals surface area contributed by atoms with Crippen molar-refractivity contribution >= 4 is 11.3 Å². The lowest BCUT2D eigenvalue weighted by molar-refractivity contribution is 0.381. The molecule has 0 bridgehead atoms. The van der Waals surface area contributed by atoms with Crippen molar-refractivity contribution in [1.82, 2.24) is 5.32 Å². The van der Waals surface area contributed by atoms with Gasteiger partial charge in [0.1, 0.15) is 0 Å². The molecule has 15 heavy (non-hydrogen) atoms. The van der Waals surface area contributed by atoms with Crippen molar-refractivity contribution in [1.29, 1.82) is 0 Å². The van der Waals surface area contributed by atoms with Crippen molar-refractivity contribution in [2.45, 2.75) is 46.1 Å². The van der Waals surface area contributed by atoms with E-state index < -0.39 is 0 Å². The van der Waals surface area contributed by atoms with Crippen LogP contribution in [0.1, 0.15) is 38.5 Å². The summed E-state index contributed by atoms with van der Waals surface area (Å²) in [6.07, 6.45) is 3.75. The first-order valence-electron chi connectivity index (χ1n) is 5.99. The molecule has 0 aliphatic rings. The fraction of sp³-hybridized carbons (Fsp3) is 0.692. The summed E-state index contributed by atoms with van der Waals surface area (Å²) in [5.74, 6) is 0.763. The maximum Gasteiger partial charge on any atom is 0.00644 e. The van der Waals surface area contributed by atoms with Crippen molar-refractivity contribution < 1.29 is 0 Å². The molecule has 1 aromatic heterocycles. The van der Waals surface area contributed by atoms with Crippen molar-refractivity contribution in [3.05, 3.63) is 22.4 Å². The van der Waals surface area contributed by atoms with E-state index in [0.717, 1.165) is 12.5 Å². The van der Waals surface area contributed by atoms with Crippen LogP contribution >= 0.6 is 11.3 Å². The number of aryl methyl sites for hydroxylation is 1. The molecular formula is C13H23NS. The molecule has 2 atom stereocenters. The lowest BCUT2D eigenvalue weighted by Gasteiger charge is -2.20. The maximum atomic E-state index is 3.57. The van der Waals surface area contributed by atoms with Gasteiger partial charge in [-0.1, -0.05) is 19.9 Å². The van der Waals surface area contributed by atoms with Gasteiger partial charge in [-0.05, 0) is 50.1 Å². The molecule has 0 amide bonds. The van der Waals surface area contributed by atoms with Crippen LogP contribution in [0.3, 0.4) is 0 Å². The Balaban J connectivity index is 2.20. The molecule has 1 rings (SSSR count). The van der Waals surface area contributed by atoms with Gasteiger partial charge in [-0.3, -0.25) is 0 Å². The summed E-state index contributed by atoms with van der Waals surface area (Å²) in [6.45, 7) is 8.01. The summed E-state index contributed by atoms with van der Waals surface area (Å²) in [4.78, 5) is 1.52. The number of rotatable bonds is 7. The highest BCUT2D eigenvalue weighted by molar-refractivity contribution is 7.09. The molecule has 0 saturated carbocycles. The van der Waals surface area contributed by atoms with Crippen LogP contribution in [0, 0.1) is 5.92 Å². The summed E-state index contributed by atoms with van der Waals surface area (Å²) in [5.41, 5.74) is 0. The van der Waals surface area contributed by atoms with Gasteiger partial charge in [0.05, 0.1) is 0 Å². The molecule has 2 unspecified atom stereocenters. The zero-order valence-corrected chi connectivity index (χ0v) is 10.9. The van der Waals surface area contributed by atoms with E-state index in [1.165, 1.54) is 24.1 Å². The molecule has 86 valence electrons. The van der Waals surface area contributed by atoms with Crippen LogP contribution in [0.25, 0.3) is 0 Å². The largest absolute Gasteiger partial charge is 0.314 e. The van der Waals surface area contributed by atoms with Crippen LogP contribution in [0.2, 0.25) is 0 Å². The molecule has 0 spiro atoms. The Hall–Kier alpha value is -0.340. The van der Waals surface area contributed by atoms with Gasteiger partial charge in [0.25, 0.3) is 0 Å². The second-order valence-corrected chi connectivity index (χ2v) is 5.37. The van der Waals surface area contributed by atoms with Crippen molar-refractivity contribution in [2.75, 3.05) is 6.54 Å². The molecule has 0 radical (unpaired) electrons. The maximum absolute atomic E-state index is 3.57. The Morgan fingerprint density at radius 1 is 1.40 bits per heavy atom. The van der Waals surface area contributed by atoms with E-state index in [9.17, 15) is 0 Å². The number of hydrogen-bond acceptors (Lipinski definition) is 2. The molecule has 0 aromatic carbocycles. The summed E-state index contributed by atoms with van der Waals surface area (Å²) < 4.78 is 0. The third-order valence-corrected chi connectivity index (χ3v) is 3.93. The van der Waals surface area contributed by atoms with E-state index >= 15 is 0 Å². The Morgan fingerprint density at radius 2 is 2.20 bits per heavy atom. The number of thiophene rings is 1. The zero-order valence-electron chi connectivity index (χ0n) is 10.1. The van der Waals surface area contributed by atoms with Crippen LogP contribution in [0.15, 0.2) is 17.5 Å². The van der Waals surface area contributed by atoms with Crippen LogP contribution in [0.5, 0.6) is 0 Å². The molecule has 0 aliphatic carbocycles. The van der Waals surface area contributed by atoms with Gasteiger partial charge < -0.3 is 5.32 Å². The third-order valence-electron chi connectivity index (χ3n) is 3.00. The molecule has 2 heteroatoms. The Bertz CT molecular complexity index is 243. The molecule has 1 N–H and O–H groups in total. The SMILES string of the molecule is CCCNC(C)C(C)CCc1cccs1. The molecular weight excluding hydrogens is 202 g/mol. The molecule has 0 fully saturated rings. The monoisotopic (exact) mass is 225 g/mol. The van der Waals surface area contributed by atoms with Gasteiger partial charge in [0.2, 0.25) is 0 Å². The first-order valence-corrected chi connectivity index (χ1v) is 6.87. The summed E-state index contributed by atoms with van der Waals surface area (Å²) in [5, 5.41) is 5.73. The van der Waals surface area contributed by atoms with Gasteiger partial charge >= 0.3 is 0 Å². The van der Waals surface area contributed by atoms with Gasteiger partial charge in [-0.2, -0.15) is 0 Å². The predicted molar refractivity (Wildman–Crippen MR) is 69.6 cm³/mol. The van der Waals surface area contributed by atoms with E-state index in [0.29, 0.717) is 6.04 Å². The summed E-state index contributed by atoms with van der Waals surface area (Å²) >= 11 is 1.87. The predicted octanol–water partition coefficient (Wildman–Crippen LogP) is 3.70. The van der Waals surface area contributed by atoms with Gasteiger partial charge in [0, 0.05) is 10.9 Å². The molecule has 0 aliphatic heterocycles. The number of hydrogen-bond donors (Lipinski definition) is 1. The first-order chi connectivity index (χ1) is 7.24. The van der Waals surface area contributed by atoms with Crippen molar-refractivity contribution in [3.63, 3.8) is 0 Å². The minimum absolute atomic E-state index is 0.643. The normalized spacial score (nSPS) is 15.1. The number of nitrogens with one attached hydrogen (secondary N) is 1. The van der Waals surface area contributed by atoms with Crippen LogP contribution in [0.4, 0.5) is 0 Å². The van der Waals surface area contributed by atoms with Crippen LogP contribution in [-0.2, 0) is 6.42 Å². The highest BCUT2D eigenvalue weighted by Crippen LogP contribution is 2.16. The highest BCUT2D eigenvalue weighted by atomic mass is 32.1. The van der Waals surface area contributed by atoms with Crippen molar-refractivity contribution in [3.8, 4) is 0 Å². The topological polar surface area (TPSA) is 12.0 Å². The average molecular weight is 225 g/mol. The van der Waals surface area contributed by atoms with E-state index in [1.807, 2.05) is 11.3 Å². The standard InChI is InChI=1S/C13H23NS/c1-4-9-14-12(3)11(2)7-8-13-6-5-10-15-13/h5-6,10-12,14H,4,7-9H2,1-3H3.